The molecule has 0 bridgehead atoms. The molecule has 2 aromatic heterocycles. The van der Waals surface area contributed by atoms with Gasteiger partial charge >= 0.3 is 0 Å². The van der Waals surface area contributed by atoms with Crippen LogP contribution in [0, 0.1) is 0 Å². The van der Waals surface area contributed by atoms with Crippen LogP contribution in [0.4, 0.5) is 0 Å². The number of hydrogen-bond donors (Lipinski definition) is 1. The number of pyridine rings is 1. The molecule has 0 radical (unpaired) electrons. The first-order chi connectivity index (χ1) is 14.0. The van der Waals surface area contributed by atoms with Crippen molar-refractivity contribution in [1.29, 1.82) is 0 Å². The molecule has 4 rings (SSSR count). The van der Waals surface area contributed by atoms with Crippen molar-refractivity contribution in [3.8, 4) is 10.6 Å². The Balaban J connectivity index is 1.64. The van der Waals surface area contributed by atoms with Crippen LogP contribution in [0.25, 0.3) is 21.5 Å². The number of ether oxygens (including phenoxy) is 1. The predicted octanol–water partition coefficient (Wildman–Crippen LogP) is 4.99. The molecule has 0 saturated carbocycles. The van der Waals surface area contributed by atoms with Crippen molar-refractivity contribution < 1.29 is 9.53 Å². The number of thiophene rings is 1. The molecule has 1 aliphatic rings. The van der Waals surface area contributed by atoms with Crippen molar-refractivity contribution in [1.82, 2.24) is 15.2 Å². The minimum Gasteiger partial charge on any atom is -0.379 e. The number of amides is 1. The molecular formula is C20H18Cl3N3O2S. The Labute approximate surface area is 187 Å². The second kappa shape index (κ2) is 9.16. The molecular weight excluding hydrogens is 453 g/mol. The van der Waals surface area contributed by atoms with E-state index in [2.05, 4.69) is 15.2 Å². The summed E-state index contributed by atoms with van der Waals surface area (Å²) < 4.78 is 6.01. The molecule has 1 aliphatic heterocycles. The molecule has 5 nitrogen and oxygen atoms in total. The predicted molar refractivity (Wildman–Crippen MR) is 120 cm³/mol. The van der Waals surface area contributed by atoms with Crippen LogP contribution >= 0.6 is 46.1 Å². The van der Waals surface area contributed by atoms with Crippen molar-refractivity contribution in [2.45, 2.75) is 0 Å². The van der Waals surface area contributed by atoms with Crippen molar-refractivity contribution in [2.75, 3.05) is 39.4 Å². The molecule has 1 fully saturated rings. The summed E-state index contributed by atoms with van der Waals surface area (Å²) in [5.41, 5.74) is 1.68. The van der Waals surface area contributed by atoms with Crippen LogP contribution in [0.5, 0.6) is 0 Å². The number of nitrogens with one attached hydrogen (secondary N) is 1. The third-order valence-electron chi connectivity index (χ3n) is 4.72. The second-order valence-electron chi connectivity index (χ2n) is 6.65. The number of fused-ring (bicyclic) bond motifs is 1. The van der Waals surface area contributed by atoms with Crippen LogP contribution in [0.3, 0.4) is 0 Å². The van der Waals surface area contributed by atoms with E-state index in [1.54, 1.807) is 24.3 Å². The van der Waals surface area contributed by atoms with Crippen LogP contribution in [0.2, 0.25) is 14.4 Å². The zero-order valence-corrected chi connectivity index (χ0v) is 18.5. The Morgan fingerprint density at radius 3 is 2.69 bits per heavy atom. The van der Waals surface area contributed by atoms with Gasteiger partial charge < -0.3 is 10.1 Å². The topological polar surface area (TPSA) is 54.5 Å². The number of carbonyl (C=O) groups is 1. The highest BCUT2D eigenvalue weighted by Gasteiger charge is 2.18. The van der Waals surface area contributed by atoms with Gasteiger partial charge in [-0.15, -0.1) is 11.3 Å². The summed E-state index contributed by atoms with van der Waals surface area (Å²) >= 11 is 20.1. The summed E-state index contributed by atoms with van der Waals surface area (Å²) in [5, 5.41) is 4.49. The molecule has 1 N–H and O–H groups in total. The molecule has 29 heavy (non-hydrogen) atoms. The number of halogens is 3. The Morgan fingerprint density at radius 2 is 1.97 bits per heavy atom. The Kier molecular flexibility index (Phi) is 6.59. The van der Waals surface area contributed by atoms with Gasteiger partial charge in [-0.2, -0.15) is 0 Å². The fourth-order valence-electron chi connectivity index (χ4n) is 3.27. The maximum Gasteiger partial charge on any atom is 0.252 e. The normalized spacial score (nSPS) is 15.0. The van der Waals surface area contributed by atoms with E-state index in [1.807, 2.05) is 6.07 Å². The smallest absolute Gasteiger partial charge is 0.252 e. The lowest BCUT2D eigenvalue weighted by Crippen LogP contribution is -2.41. The molecule has 9 heteroatoms. The van der Waals surface area contributed by atoms with E-state index in [0.717, 1.165) is 37.7 Å². The SMILES string of the molecule is O=C(NCCN1CCOCC1)c1cc(-c2ccc(Cl)s2)nc2c(Cl)cc(Cl)cc12. The molecule has 1 aromatic carbocycles. The number of hydrogen-bond acceptors (Lipinski definition) is 5. The van der Waals surface area contributed by atoms with Crippen molar-refractivity contribution in [3.63, 3.8) is 0 Å². The molecule has 3 aromatic rings. The van der Waals surface area contributed by atoms with E-state index < -0.39 is 0 Å². The molecule has 0 unspecified atom stereocenters. The molecule has 0 spiro atoms. The van der Waals surface area contributed by atoms with Crippen molar-refractivity contribution >= 4 is 62.9 Å². The molecule has 3 heterocycles. The Morgan fingerprint density at radius 1 is 1.17 bits per heavy atom. The van der Waals surface area contributed by atoms with Gasteiger partial charge in [-0.25, -0.2) is 4.98 Å². The second-order valence-corrected chi connectivity index (χ2v) is 9.21. The largest absolute Gasteiger partial charge is 0.379 e. The summed E-state index contributed by atoms with van der Waals surface area (Å²) in [6.07, 6.45) is 0. The highest BCUT2D eigenvalue weighted by molar-refractivity contribution is 7.19. The quantitative estimate of drug-likeness (QED) is 0.571. The number of nitrogens with zero attached hydrogens (tertiary/aromatic N) is 2. The number of aromatic nitrogens is 1. The van der Waals surface area contributed by atoms with Crippen molar-refractivity contribution in [2.24, 2.45) is 0 Å². The van der Waals surface area contributed by atoms with Gasteiger partial charge in [0.2, 0.25) is 0 Å². The van der Waals surface area contributed by atoms with Gasteiger partial charge in [-0.05, 0) is 30.3 Å². The van der Waals surface area contributed by atoms with Crippen LogP contribution in [-0.4, -0.2) is 55.2 Å². The van der Waals surface area contributed by atoms with Crippen LogP contribution in [0.1, 0.15) is 10.4 Å². The van der Waals surface area contributed by atoms with Gasteiger partial charge in [-0.1, -0.05) is 34.8 Å². The van der Waals surface area contributed by atoms with E-state index in [1.165, 1.54) is 11.3 Å². The third-order valence-corrected chi connectivity index (χ3v) is 6.48. The Bertz CT molecular complexity index is 1050. The fourth-order valence-corrected chi connectivity index (χ4v) is 4.81. The summed E-state index contributed by atoms with van der Waals surface area (Å²) in [4.78, 5) is 20.8. The lowest BCUT2D eigenvalue weighted by Gasteiger charge is -2.26. The minimum absolute atomic E-state index is 0.187. The van der Waals surface area contributed by atoms with Gasteiger partial charge in [0, 0.05) is 36.6 Å². The number of benzene rings is 1. The average molecular weight is 471 g/mol. The highest BCUT2D eigenvalue weighted by atomic mass is 35.5. The zero-order chi connectivity index (χ0) is 20.4. The summed E-state index contributed by atoms with van der Waals surface area (Å²) in [6, 6.07) is 8.80. The molecule has 152 valence electrons. The van der Waals surface area contributed by atoms with E-state index in [-0.39, 0.29) is 5.91 Å². The summed E-state index contributed by atoms with van der Waals surface area (Å²) in [6.45, 7) is 4.52. The highest BCUT2D eigenvalue weighted by Crippen LogP contribution is 2.35. The fraction of sp³-hybridized carbons (Fsp3) is 0.300. The zero-order valence-electron chi connectivity index (χ0n) is 15.4. The van der Waals surface area contributed by atoms with Crippen LogP contribution in [-0.2, 0) is 4.74 Å². The minimum atomic E-state index is -0.187. The summed E-state index contributed by atoms with van der Waals surface area (Å²) in [5.74, 6) is -0.187. The first-order valence-corrected chi connectivity index (χ1v) is 11.1. The van der Waals surface area contributed by atoms with Gasteiger partial charge in [-0.3, -0.25) is 9.69 Å². The maximum absolute atomic E-state index is 13.0. The van der Waals surface area contributed by atoms with Crippen LogP contribution in [0.15, 0.2) is 30.3 Å². The van der Waals surface area contributed by atoms with Gasteiger partial charge in [0.05, 0.1) is 44.2 Å². The first kappa shape index (κ1) is 20.8. The first-order valence-electron chi connectivity index (χ1n) is 9.15. The van der Waals surface area contributed by atoms with E-state index in [4.69, 9.17) is 39.5 Å². The summed E-state index contributed by atoms with van der Waals surface area (Å²) in [7, 11) is 0. The lowest BCUT2D eigenvalue weighted by molar-refractivity contribution is 0.0383. The lowest BCUT2D eigenvalue weighted by atomic mass is 10.1. The van der Waals surface area contributed by atoms with E-state index in [9.17, 15) is 4.79 Å². The maximum atomic E-state index is 13.0. The van der Waals surface area contributed by atoms with Gasteiger partial charge in [0.25, 0.3) is 5.91 Å². The number of morpholine rings is 1. The monoisotopic (exact) mass is 469 g/mol. The number of carbonyl (C=O) groups excluding carboxylic acids is 1. The average Bonchev–Trinajstić information content (AvgIpc) is 3.14. The van der Waals surface area contributed by atoms with E-state index >= 15 is 0 Å². The third kappa shape index (κ3) is 4.85. The number of rotatable bonds is 5. The van der Waals surface area contributed by atoms with E-state index in [0.29, 0.717) is 43.1 Å². The molecule has 1 amide bonds. The van der Waals surface area contributed by atoms with Crippen LogP contribution < -0.4 is 5.32 Å². The molecule has 0 atom stereocenters. The molecule has 1 saturated heterocycles. The van der Waals surface area contributed by atoms with Gasteiger partial charge in [0.1, 0.15) is 0 Å². The molecule has 0 aliphatic carbocycles. The van der Waals surface area contributed by atoms with Gasteiger partial charge in [0.15, 0.2) is 0 Å². The van der Waals surface area contributed by atoms with Crippen molar-refractivity contribution in [3.05, 3.63) is 50.3 Å². The Hall–Kier alpha value is -1.41. The standard InChI is InChI=1S/C20H18Cl3N3O2S/c21-12-9-13-14(20(27)24-3-4-26-5-7-28-8-6-26)11-16(17-1-2-18(23)29-17)25-19(13)15(22)10-12/h1-2,9-11H,3-8H2,(H,24,27).